The van der Waals surface area contributed by atoms with Crippen LogP contribution in [0.2, 0.25) is 5.02 Å². The fourth-order valence-corrected chi connectivity index (χ4v) is 4.25. The number of amides is 1. The van der Waals surface area contributed by atoms with Crippen LogP contribution >= 0.6 is 11.6 Å². The van der Waals surface area contributed by atoms with Crippen LogP contribution in [0.15, 0.2) is 28.8 Å². The average Bonchev–Trinajstić information content (AvgIpc) is 3.19. The fraction of sp³-hybridized carbons (Fsp3) is 0.550. The number of piperidine rings is 1. The number of carbonyl (C=O) groups is 1. The largest absolute Gasteiger partial charge is 0.337 e. The quantitative estimate of drug-likeness (QED) is 0.757. The lowest BCUT2D eigenvalue weighted by molar-refractivity contribution is -0.141. The Bertz CT molecular complexity index is 753. The van der Waals surface area contributed by atoms with Gasteiger partial charge in [0.05, 0.1) is 0 Å². The van der Waals surface area contributed by atoms with Crippen molar-refractivity contribution in [2.45, 2.75) is 57.4 Å². The average molecular weight is 374 g/mol. The van der Waals surface area contributed by atoms with Gasteiger partial charge in [0, 0.05) is 23.0 Å². The number of nitrogens with zero attached hydrogens (tertiary/aromatic N) is 3. The molecule has 0 radical (unpaired) electrons. The Morgan fingerprint density at radius 3 is 2.54 bits per heavy atom. The summed E-state index contributed by atoms with van der Waals surface area (Å²) in [6.07, 6.45) is 8.63. The molecule has 5 nitrogen and oxygen atoms in total. The van der Waals surface area contributed by atoms with E-state index in [4.69, 9.17) is 16.1 Å². The Labute approximate surface area is 158 Å². The van der Waals surface area contributed by atoms with E-state index in [2.05, 4.69) is 10.1 Å². The standard InChI is InChI=1S/C20H24ClN3O2/c21-16-11-9-14(10-12-16)18-22-19(26-23-18)17-8-4-5-13-24(17)20(25)15-6-2-1-3-7-15/h9-12,15,17H,1-8,13H2/t17-/m0/s1. The normalized spacial score (nSPS) is 21.7. The van der Waals surface area contributed by atoms with Crippen LogP contribution in [-0.2, 0) is 4.79 Å². The van der Waals surface area contributed by atoms with Gasteiger partial charge in [-0.1, -0.05) is 36.0 Å². The third kappa shape index (κ3) is 3.63. The number of aromatic nitrogens is 2. The van der Waals surface area contributed by atoms with E-state index in [1.165, 1.54) is 6.42 Å². The van der Waals surface area contributed by atoms with Gasteiger partial charge >= 0.3 is 0 Å². The molecule has 0 unspecified atom stereocenters. The molecule has 1 atom stereocenters. The van der Waals surface area contributed by atoms with E-state index in [1.807, 2.05) is 29.2 Å². The van der Waals surface area contributed by atoms with Gasteiger partial charge in [-0.25, -0.2) is 0 Å². The van der Waals surface area contributed by atoms with Gasteiger partial charge < -0.3 is 9.42 Å². The Morgan fingerprint density at radius 1 is 1.04 bits per heavy atom. The lowest BCUT2D eigenvalue weighted by Crippen LogP contribution is -2.42. The summed E-state index contributed by atoms with van der Waals surface area (Å²) in [5.41, 5.74) is 0.866. The second-order valence-electron chi connectivity index (χ2n) is 7.34. The van der Waals surface area contributed by atoms with Gasteiger partial charge in [-0.3, -0.25) is 4.79 Å². The van der Waals surface area contributed by atoms with Crippen LogP contribution < -0.4 is 0 Å². The third-order valence-electron chi connectivity index (χ3n) is 5.57. The minimum absolute atomic E-state index is 0.0910. The van der Waals surface area contributed by atoms with Crippen LogP contribution in [0.25, 0.3) is 11.4 Å². The molecule has 4 rings (SSSR count). The van der Waals surface area contributed by atoms with E-state index in [9.17, 15) is 4.79 Å². The van der Waals surface area contributed by atoms with E-state index in [0.717, 1.165) is 57.1 Å². The maximum absolute atomic E-state index is 13.1. The number of benzene rings is 1. The van der Waals surface area contributed by atoms with Gasteiger partial charge in [-0.15, -0.1) is 0 Å². The number of carbonyl (C=O) groups excluding carboxylic acids is 1. The topological polar surface area (TPSA) is 59.2 Å². The predicted molar refractivity (Wildman–Crippen MR) is 99.6 cm³/mol. The summed E-state index contributed by atoms with van der Waals surface area (Å²) in [4.78, 5) is 19.7. The minimum Gasteiger partial charge on any atom is -0.337 e. The Kier molecular flexibility index (Phi) is 5.25. The van der Waals surface area contributed by atoms with E-state index >= 15 is 0 Å². The highest BCUT2D eigenvalue weighted by molar-refractivity contribution is 6.30. The zero-order valence-corrected chi connectivity index (χ0v) is 15.6. The van der Waals surface area contributed by atoms with Crippen molar-refractivity contribution in [2.75, 3.05) is 6.54 Å². The van der Waals surface area contributed by atoms with Crippen LogP contribution in [0.3, 0.4) is 0 Å². The van der Waals surface area contributed by atoms with E-state index in [0.29, 0.717) is 16.7 Å². The van der Waals surface area contributed by atoms with E-state index in [-0.39, 0.29) is 17.9 Å². The van der Waals surface area contributed by atoms with E-state index < -0.39 is 0 Å². The highest BCUT2D eigenvalue weighted by atomic mass is 35.5. The van der Waals surface area contributed by atoms with Crippen molar-refractivity contribution in [1.82, 2.24) is 15.0 Å². The second-order valence-corrected chi connectivity index (χ2v) is 7.78. The van der Waals surface area contributed by atoms with Crippen molar-refractivity contribution < 1.29 is 9.32 Å². The molecule has 1 amide bonds. The number of likely N-dealkylation sites (tertiary alicyclic amines) is 1. The molecule has 0 bridgehead atoms. The van der Waals surface area contributed by atoms with Gasteiger partial charge in [0.15, 0.2) is 0 Å². The first-order valence-corrected chi connectivity index (χ1v) is 10.0. The molecule has 1 saturated heterocycles. The number of hydrogen-bond acceptors (Lipinski definition) is 4. The van der Waals surface area contributed by atoms with Gasteiger partial charge in [-0.2, -0.15) is 4.98 Å². The molecule has 1 aromatic heterocycles. The van der Waals surface area contributed by atoms with E-state index in [1.54, 1.807) is 0 Å². The van der Waals surface area contributed by atoms with Crippen LogP contribution in [-0.4, -0.2) is 27.5 Å². The minimum atomic E-state index is -0.0910. The first-order valence-electron chi connectivity index (χ1n) is 9.62. The van der Waals surface area contributed by atoms with Crippen LogP contribution in [0.5, 0.6) is 0 Å². The molecule has 1 aliphatic carbocycles. The maximum Gasteiger partial charge on any atom is 0.249 e. The molecule has 6 heteroatoms. The summed E-state index contributed by atoms with van der Waals surface area (Å²) in [6, 6.07) is 7.29. The van der Waals surface area contributed by atoms with Crippen molar-refractivity contribution in [2.24, 2.45) is 5.92 Å². The number of rotatable bonds is 3. The van der Waals surface area contributed by atoms with Crippen molar-refractivity contribution in [3.8, 4) is 11.4 Å². The molecule has 2 fully saturated rings. The first kappa shape index (κ1) is 17.5. The van der Waals surface area contributed by atoms with Crippen LogP contribution in [0.4, 0.5) is 0 Å². The lowest BCUT2D eigenvalue weighted by atomic mass is 9.87. The molecular weight excluding hydrogens is 350 g/mol. The lowest BCUT2D eigenvalue weighted by Gasteiger charge is -2.36. The third-order valence-corrected chi connectivity index (χ3v) is 5.82. The van der Waals surface area contributed by atoms with Crippen LogP contribution in [0, 0.1) is 5.92 Å². The molecule has 1 aromatic carbocycles. The second kappa shape index (κ2) is 7.78. The van der Waals surface area contributed by atoms with Gasteiger partial charge in [0.1, 0.15) is 6.04 Å². The Morgan fingerprint density at radius 2 is 1.77 bits per heavy atom. The zero-order valence-electron chi connectivity index (χ0n) is 14.9. The summed E-state index contributed by atoms with van der Waals surface area (Å²) in [6.45, 7) is 0.790. The smallest absolute Gasteiger partial charge is 0.249 e. The van der Waals surface area contributed by atoms with Crippen molar-refractivity contribution in [3.05, 3.63) is 35.2 Å². The molecule has 2 aliphatic rings. The molecule has 1 saturated carbocycles. The molecule has 26 heavy (non-hydrogen) atoms. The zero-order chi connectivity index (χ0) is 17.9. The predicted octanol–water partition coefficient (Wildman–Crippen LogP) is 5.02. The molecule has 2 aromatic rings. The fourth-order valence-electron chi connectivity index (χ4n) is 4.12. The summed E-state index contributed by atoms with van der Waals surface area (Å²) in [5, 5.41) is 4.81. The van der Waals surface area contributed by atoms with Gasteiger partial charge in [0.2, 0.25) is 17.6 Å². The van der Waals surface area contributed by atoms with Gasteiger partial charge in [-0.05, 0) is 56.4 Å². The highest BCUT2D eigenvalue weighted by Gasteiger charge is 2.35. The monoisotopic (exact) mass is 373 g/mol. The maximum atomic E-state index is 13.1. The van der Waals surface area contributed by atoms with Crippen molar-refractivity contribution in [1.29, 1.82) is 0 Å². The molecule has 2 heterocycles. The molecule has 0 N–H and O–H groups in total. The molecule has 138 valence electrons. The summed E-state index contributed by atoms with van der Waals surface area (Å²) in [7, 11) is 0. The molecule has 1 aliphatic heterocycles. The number of hydrogen-bond donors (Lipinski definition) is 0. The Hall–Kier alpha value is -1.88. The Balaban J connectivity index is 1.54. The summed E-state index contributed by atoms with van der Waals surface area (Å²) in [5.74, 6) is 1.55. The van der Waals surface area contributed by atoms with Crippen molar-refractivity contribution in [3.63, 3.8) is 0 Å². The van der Waals surface area contributed by atoms with Crippen molar-refractivity contribution >= 4 is 17.5 Å². The molecule has 0 spiro atoms. The SMILES string of the molecule is O=C(C1CCCCC1)N1CCCC[C@H]1c1nc(-c2ccc(Cl)cc2)no1. The van der Waals surface area contributed by atoms with Crippen LogP contribution in [0.1, 0.15) is 63.3 Å². The first-order chi connectivity index (χ1) is 12.7. The molecular formula is C20H24ClN3O2. The summed E-state index contributed by atoms with van der Waals surface area (Å²) >= 11 is 5.95. The number of halogens is 1. The van der Waals surface area contributed by atoms with Gasteiger partial charge in [0.25, 0.3) is 0 Å². The summed E-state index contributed by atoms with van der Waals surface area (Å²) < 4.78 is 5.57. The highest BCUT2D eigenvalue weighted by Crippen LogP contribution is 2.35.